The Morgan fingerprint density at radius 3 is 3.00 bits per heavy atom. The molecule has 0 spiro atoms. The SMILES string of the molecule is C=C(CN)C(/C=C\CNC(=O)c1nc(C#N)c[nH]1)=C/CC1=CCCCC1. The van der Waals surface area contributed by atoms with Crippen LogP contribution in [-0.2, 0) is 0 Å². The average molecular weight is 351 g/mol. The molecule has 0 saturated heterocycles. The first kappa shape index (κ1) is 19.4. The number of nitrogens with one attached hydrogen (secondary N) is 2. The van der Waals surface area contributed by atoms with Crippen LogP contribution < -0.4 is 11.1 Å². The van der Waals surface area contributed by atoms with Gasteiger partial charge in [0.15, 0.2) is 11.5 Å². The minimum atomic E-state index is -0.355. The number of allylic oxidation sites excluding steroid dienone is 4. The molecule has 2 rings (SSSR count). The Morgan fingerprint density at radius 2 is 2.35 bits per heavy atom. The van der Waals surface area contributed by atoms with E-state index in [0.29, 0.717) is 13.1 Å². The summed E-state index contributed by atoms with van der Waals surface area (Å²) in [4.78, 5) is 18.5. The lowest BCUT2D eigenvalue weighted by molar-refractivity contribution is 0.0948. The van der Waals surface area contributed by atoms with Crippen molar-refractivity contribution < 1.29 is 4.79 Å². The van der Waals surface area contributed by atoms with Gasteiger partial charge in [-0.15, -0.1) is 0 Å². The summed E-state index contributed by atoms with van der Waals surface area (Å²) < 4.78 is 0. The van der Waals surface area contributed by atoms with Crippen LogP contribution in [0.15, 0.2) is 53.8 Å². The normalized spacial score (nSPS) is 14.8. The van der Waals surface area contributed by atoms with Gasteiger partial charge in [0.05, 0.1) is 0 Å². The molecule has 1 amide bonds. The van der Waals surface area contributed by atoms with Gasteiger partial charge in [-0.2, -0.15) is 5.26 Å². The van der Waals surface area contributed by atoms with E-state index in [9.17, 15) is 4.79 Å². The number of carbonyl (C=O) groups excluding carboxylic acids is 1. The van der Waals surface area contributed by atoms with Crippen molar-refractivity contribution in [2.24, 2.45) is 5.73 Å². The van der Waals surface area contributed by atoms with Gasteiger partial charge in [0.1, 0.15) is 6.07 Å². The highest BCUT2D eigenvalue weighted by atomic mass is 16.2. The number of aromatic amines is 1. The number of aromatic nitrogens is 2. The zero-order valence-electron chi connectivity index (χ0n) is 14.9. The first-order valence-electron chi connectivity index (χ1n) is 8.80. The molecule has 0 radical (unpaired) electrons. The van der Waals surface area contributed by atoms with Crippen LogP contribution in [0.3, 0.4) is 0 Å². The van der Waals surface area contributed by atoms with E-state index in [2.05, 4.69) is 34.0 Å². The highest BCUT2D eigenvalue weighted by Gasteiger charge is 2.09. The summed E-state index contributed by atoms with van der Waals surface area (Å²) in [6.07, 6.45) is 15.4. The van der Waals surface area contributed by atoms with Crippen LogP contribution in [0.25, 0.3) is 0 Å². The van der Waals surface area contributed by atoms with Crippen molar-refractivity contribution in [3.8, 4) is 6.07 Å². The standard InChI is InChI=1S/C20H25N5O/c1-15(12-21)17(10-9-16-6-3-2-4-7-16)8-5-11-23-20(26)19-24-14-18(13-22)25-19/h5-6,8,10,14H,1-4,7,9,11-12,21H2,(H,23,26)(H,24,25)/b8-5-,17-10+. The molecule has 1 aliphatic rings. The Kier molecular flexibility index (Phi) is 7.59. The molecule has 4 N–H and O–H groups in total. The summed E-state index contributed by atoms with van der Waals surface area (Å²) in [6, 6.07) is 1.87. The molecular weight excluding hydrogens is 326 g/mol. The fourth-order valence-electron chi connectivity index (χ4n) is 2.70. The van der Waals surface area contributed by atoms with Gasteiger partial charge in [-0.3, -0.25) is 4.79 Å². The van der Waals surface area contributed by atoms with Crippen molar-refractivity contribution in [2.45, 2.75) is 32.1 Å². The van der Waals surface area contributed by atoms with Gasteiger partial charge in [0, 0.05) is 19.3 Å². The minimum absolute atomic E-state index is 0.126. The molecular formula is C20H25N5O. The van der Waals surface area contributed by atoms with Crippen LogP contribution in [0.5, 0.6) is 0 Å². The summed E-state index contributed by atoms with van der Waals surface area (Å²) in [5, 5.41) is 11.4. The van der Waals surface area contributed by atoms with Gasteiger partial charge < -0.3 is 16.0 Å². The van der Waals surface area contributed by atoms with E-state index >= 15 is 0 Å². The Hall–Kier alpha value is -2.91. The molecule has 6 nitrogen and oxygen atoms in total. The van der Waals surface area contributed by atoms with Gasteiger partial charge in [-0.25, -0.2) is 4.98 Å². The molecule has 0 unspecified atom stereocenters. The smallest absolute Gasteiger partial charge is 0.287 e. The molecule has 26 heavy (non-hydrogen) atoms. The molecule has 0 aliphatic heterocycles. The zero-order chi connectivity index (χ0) is 18.8. The van der Waals surface area contributed by atoms with Crippen LogP contribution in [0, 0.1) is 11.3 Å². The lowest BCUT2D eigenvalue weighted by Crippen LogP contribution is -2.24. The predicted molar refractivity (Wildman–Crippen MR) is 102 cm³/mol. The van der Waals surface area contributed by atoms with Gasteiger partial charge in [0.2, 0.25) is 0 Å². The fraction of sp³-hybridized carbons (Fsp3) is 0.350. The molecule has 0 fully saturated rings. The first-order chi connectivity index (χ1) is 12.6. The number of nitriles is 1. The summed E-state index contributed by atoms with van der Waals surface area (Å²) in [6.45, 7) is 4.75. The number of hydrogen-bond donors (Lipinski definition) is 3. The maximum atomic E-state index is 11.9. The van der Waals surface area contributed by atoms with E-state index in [4.69, 9.17) is 11.0 Å². The summed E-state index contributed by atoms with van der Waals surface area (Å²) >= 11 is 0. The number of nitrogens with zero attached hydrogens (tertiary/aromatic N) is 2. The Morgan fingerprint density at radius 1 is 1.50 bits per heavy atom. The monoisotopic (exact) mass is 351 g/mol. The summed E-state index contributed by atoms with van der Waals surface area (Å²) in [5.41, 5.74) is 9.25. The second-order valence-electron chi connectivity index (χ2n) is 6.14. The van der Waals surface area contributed by atoms with Gasteiger partial charge >= 0.3 is 0 Å². The third kappa shape index (κ3) is 5.87. The van der Waals surface area contributed by atoms with E-state index in [-0.39, 0.29) is 17.4 Å². The number of rotatable bonds is 8. The molecule has 0 saturated carbocycles. The molecule has 0 bridgehead atoms. The molecule has 0 aromatic carbocycles. The highest BCUT2D eigenvalue weighted by Crippen LogP contribution is 2.22. The molecule has 1 aromatic rings. The van der Waals surface area contributed by atoms with Crippen LogP contribution in [0.2, 0.25) is 0 Å². The van der Waals surface area contributed by atoms with Crippen molar-refractivity contribution in [3.05, 3.63) is 65.3 Å². The predicted octanol–water partition coefficient (Wildman–Crippen LogP) is 2.90. The van der Waals surface area contributed by atoms with E-state index in [1.165, 1.54) is 31.0 Å². The largest absolute Gasteiger partial charge is 0.346 e. The van der Waals surface area contributed by atoms with Crippen molar-refractivity contribution in [1.29, 1.82) is 5.26 Å². The maximum Gasteiger partial charge on any atom is 0.287 e. The molecule has 1 heterocycles. The number of carbonyl (C=O) groups is 1. The maximum absolute atomic E-state index is 11.9. The fourth-order valence-corrected chi connectivity index (χ4v) is 2.70. The summed E-state index contributed by atoms with van der Waals surface area (Å²) in [5.74, 6) is -0.229. The van der Waals surface area contributed by atoms with Crippen LogP contribution in [0.1, 0.15) is 48.4 Å². The molecule has 6 heteroatoms. The third-order valence-corrected chi connectivity index (χ3v) is 4.21. The molecule has 1 aromatic heterocycles. The number of imidazole rings is 1. The number of hydrogen-bond acceptors (Lipinski definition) is 4. The molecule has 1 aliphatic carbocycles. The molecule has 136 valence electrons. The quantitative estimate of drug-likeness (QED) is 0.494. The number of amides is 1. The lowest BCUT2D eigenvalue weighted by Gasteiger charge is -2.11. The van der Waals surface area contributed by atoms with Crippen molar-refractivity contribution in [3.63, 3.8) is 0 Å². The lowest BCUT2D eigenvalue weighted by atomic mass is 9.95. The van der Waals surface area contributed by atoms with E-state index < -0.39 is 0 Å². The highest BCUT2D eigenvalue weighted by molar-refractivity contribution is 5.90. The van der Waals surface area contributed by atoms with Gasteiger partial charge in [0.25, 0.3) is 5.91 Å². The van der Waals surface area contributed by atoms with Gasteiger partial charge in [-0.1, -0.05) is 36.5 Å². The minimum Gasteiger partial charge on any atom is -0.346 e. The summed E-state index contributed by atoms with van der Waals surface area (Å²) in [7, 11) is 0. The van der Waals surface area contributed by atoms with E-state index in [1.807, 2.05) is 18.2 Å². The number of H-pyrrole nitrogens is 1. The first-order valence-corrected chi connectivity index (χ1v) is 8.80. The Bertz CT molecular complexity index is 776. The van der Waals surface area contributed by atoms with Crippen LogP contribution in [0.4, 0.5) is 0 Å². The average Bonchev–Trinajstić information content (AvgIpc) is 3.17. The van der Waals surface area contributed by atoms with Gasteiger partial charge in [-0.05, 0) is 43.3 Å². The van der Waals surface area contributed by atoms with E-state index in [0.717, 1.165) is 24.0 Å². The van der Waals surface area contributed by atoms with Crippen molar-refractivity contribution in [2.75, 3.05) is 13.1 Å². The zero-order valence-corrected chi connectivity index (χ0v) is 14.9. The second-order valence-corrected chi connectivity index (χ2v) is 6.14. The third-order valence-electron chi connectivity index (χ3n) is 4.21. The van der Waals surface area contributed by atoms with Crippen molar-refractivity contribution in [1.82, 2.24) is 15.3 Å². The van der Waals surface area contributed by atoms with Crippen molar-refractivity contribution >= 4 is 5.91 Å². The topological polar surface area (TPSA) is 108 Å². The van der Waals surface area contributed by atoms with Crippen LogP contribution >= 0.6 is 0 Å². The Balaban J connectivity index is 1.90. The van der Waals surface area contributed by atoms with E-state index in [1.54, 1.807) is 0 Å². The Labute approximate surface area is 154 Å². The second kappa shape index (κ2) is 10.2. The molecule has 0 atom stereocenters. The number of nitrogens with two attached hydrogens (primary N) is 1. The van der Waals surface area contributed by atoms with Crippen LogP contribution in [-0.4, -0.2) is 29.0 Å².